The van der Waals surface area contributed by atoms with Gasteiger partial charge in [-0.05, 0) is 22.9 Å². The summed E-state index contributed by atoms with van der Waals surface area (Å²) in [5.41, 5.74) is 0.0669. The highest BCUT2D eigenvalue weighted by molar-refractivity contribution is 5.84. The summed E-state index contributed by atoms with van der Waals surface area (Å²) < 4.78 is 5.60. The summed E-state index contributed by atoms with van der Waals surface area (Å²) in [6.45, 7) is 6.01. The van der Waals surface area contributed by atoms with Crippen molar-refractivity contribution in [2.24, 2.45) is 5.41 Å². The quantitative estimate of drug-likeness (QED) is 0.813. The minimum Gasteiger partial charge on any atom is -0.484 e. The van der Waals surface area contributed by atoms with Crippen LogP contribution in [0.1, 0.15) is 13.8 Å². The zero-order valence-electron chi connectivity index (χ0n) is 14.5. The number of rotatable bonds is 7. The maximum atomic E-state index is 12.0. The van der Waals surface area contributed by atoms with Gasteiger partial charge in [-0.2, -0.15) is 0 Å². The molecular formula is C19H27N2O2+. The van der Waals surface area contributed by atoms with Crippen LogP contribution in [0.5, 0.6) is 5.75 Å². The maximum Gasteiger partial charge on any atom is 0.257 e. The fourth-order valence-corrected chi connectivity index (χ4v) is 2.81. The second-order valence-electron chi connectivity index (χ2n) is 7.12. The summed E-state index contributed by atoms with van der Waals surface area (Å²) in [5.74, 6) is 0.635. The van der Waals surface area contributed by atoms with Crippen molar-refractivity contribution in [3.63, 3.8) is 0 Å². The van der Waals surface area contributed by atoms with Crippen LogP contribution in [0.4, 0.5) is 0 Å². The number of hydrogen-bond acceptors (Lipinski definition) is 2. The lowest BCUT2D eigenvalue weighted by Crippen LogP contribution is -3.07. The third-order valence-electron chi connectivity index (χ3n) is 3.69. The van der Waals surface area contributed by atoms with E-state index >= 15 is 0 Å². The van der Waals surface area contributed by atoms with Crippen LogP contribution in [0.2, 0.25) is 0 Å². The van der Waals surface area contributed by atoms with E-state index in [1.807, 2.05) is 36.4 Å². The van der Waals surface area contributed by atoms with Crippen LogP contribution >= 0.6 is 0 Å². The highest BCUT2D eigenvalue weighted by Gasteiger charge is 2.22. The Labute approximate surface area is 138 Å². The Morgan fingerprint density at radius 3 is 2.52 bits per heavy atom. The molecule has 1 amide bonds. The molecule has 0 saturated heterocycles. The van der Waals surface area contributed by atoms with E-state index in [0.29, 0.717) is 6.54 Å². The van der Waals surface area contributed by atoms with Crippen molar-refractivity contribution < 1.29 is 14.4 Å². The van der Waals surface area contributed by atoms with Gasteiger partial charge in [-0.15, -0.1) is 0 Å². The van der Waals surface area contributed by atoms with Crippen LogP contribution < -0.4 is 15.0 Å². The molecule has 0 unspecified atom stereocenters. The van der Waals surface area contributed by atoms with E-state index < -0.39 is 0 Å². The third-order valence-corrected chi connectivity index (χ3v) is 3.69. The molecule has 0 heterocycles. The lowest BCUT2D eigenvalue weighted by Gasteiger charge is -2.26. The van der Waals surface area contributed by atoms with Gasteiger partial charge >= 0.3 is 0 Å². The first-order valence-corrected chi connectivity index (χ1v) is 8.03. The monoisotopic (exact) mass is 315 g/mol. The molecule has 0 atom stereocenters. The number of benzene rings is 2. The average Bonchev–Trinajstić information content (AvgIpc) is 2.49. The molecule has 0 aromatic heterocycles. The maximum absolute atomic E-state index is 12.0. The standard InChI is InChI=1S/C19H26N2O2/c1-19(2,14-21(3)4)13-20-18(22)12-23-17-10-9-15-7-5-6-8-16(15)11-17/h5-11H,12-14H2,1-4H3,(H,20,22)/p+1. The smallest absolute Gasteiger partial charge is 0.257 e. The van der Waals surface area contributed by atoms with Gasteiger partial charge < -0.3 is 15.0 Å². The highest BCUT2D eigenvalue weighted by atomic mass is 16.5. The Morgan fingerprint density at radius 2 is 1.83 bits per heavy atom. The molecule has 0 spiro atoms. The number of amides is 1. The fourth-order valence-electron chi connectivity index (χ4n) is 2.81. The van der Waals surface area contributed by atoms with Gasteiger partial charge in [0.1, 0.15) is 5.75 Å². The molecular weight excluding hydrogens is 288 g/mol. The molecule has 4 heteroatoms. The van der Waals surface area contributed by atoms with Crippen molar-refractivity contribution in [1.82, 2.24) is 5.32 Å². The number of hydrogen-bond donors (Lipinski definition) is 2. The van der Waals surface area contributed by atoms with Crippen molar-refractivity contribution >= 4 is 16.7 Å². The molecule has 0 bridgehead atoms. The summed E-state index contributed by atoms with van der Waals surface area (Å²) in [4.78, 5) is 13.3. The van der Waals surface area contributed by atoms with Gasteiger partial charge in [0, 0.05) is 12.0 Å². The number of fused-ring (bicyclic) bond motifs is 1. The van der Waals surface area contributed by atoms with Gasteiger partial charge in [0.15, 0.2) is 6.61 Å². The van der Waals surface area contributed by atoms with E-state index in [9.17, 15) is 4.79 Å². The first-order chi connectivity index (χ1) is 10.9. The van der Waals surface area contributed by atoms with Crippen molar-refractivity contribution in [3.05, 3.63) is 42.5 Å². The Balaban J connectivity index is 1.83. The predicted molar refractivity (Wildman–Crippen MR) is 93.9 cm³/mol. The number of carbonyl (C=O) groups excluding carboxylic acids is 1. The van der Waals surface area contributed by atoms with E-state index in [-0.39, 0.29) is 17.9 Å². The minimum atomic E-state index is -0.0833. The van der Waals surface area contributed by atoms with E-state index in [1.54, 1.807) is 0 Å². The summed E-state index contributed by atoms with van der Waals surface area (Å²) in [5, 5.41) is 5.23. The molecule has 0 aliphatic carbocycles. The van der Waals surface area contributed by atoms with E-state index in [4.69, 9.17) is 4.74 Å². The van der Waals surface area contributed by atoms with E-state index in [1.165, 1.54) is 4.90 Å². The van der Waals surface area contributed by atoms with Gasteiger partial charge in [0.25, 0.3) is 5.91 Å². The molecule has 0 radical (unpaired) electrons. The summed E-state index contributed by atoms with van der Waals surface area (Å²) in [7, 11) is 4.23. The van der Waals surface area contributed by atoms with E-state index in [2.05, 4.69) is 39.3 Å². The average molecular weight is 315 g/mol. The summed E-state index contributed by atoms with van der Waals surface area (Å²) >= 11 is 0. The van der Waals surface area contributed by atoms with Gasteiger partial charge in [0.2, 0.25) is 0 Å². The molecule has 0 fully saturated rings. The lowest BCUT2D eigenvalue weighted by molar-refractivity contribution is -0.865. The summed E-state index contributed by atoms with van der Waals surface area (Å²) in [6.07, 6.45) is 0. The van der Waals surface area contributed by atoms with Crippen LogP contribution in [0.3, 0.4) is 0 Å². The Hall–Kier alpha value is -2.07. The van der Waals surface area contributed by atoms with Gasteiger partial charge in [-0.3, -0.25) is 4.79 Å². The Bertz CT molecular complexity index is 665. The topological polar surface area (TPSA) is 42.8 Å². The van der Waals surface area contributed by atoms with Gasteiger partial charge in [0.05, 0.1) is 20.6 Å². The SMILES string of the molecule is C[NH+](C)CC(C)(C)CNC(=O)COc1ccc2ccccc2c1. The molecule has 124 valence electrons. The number of quaternary nitrogens is 1. The largest absolute Gasteiger partial charge is 0.484 e. The molecule has 23 heavy (non-hydrogen) atoms. The van der Waals surface area contributed by atoms with Gasteiger partial charge in [-0.1, -0.05) is 44.2 Å². The third kappa shape index (κ3) is 5.57. The van der Waals surface area contributed by atoms with Crippen molar-refractivity contribution in [2.75, 3.05) is 33.8 Å². The van der Waals surface area contributed by atoms with Crippen molar-refractivity contribution in [2.45, 2.75) is 13.8 Å². The summed E-state index contributed by atoms with van der Waals surface area (Å²) in [6, 6.07) is 14.0. The number of ether oxygens (including phenoxy) is 1. The molecule has 2 rings (SSSR count). The zero-order chi connectivity index (χ0) is 16.9. The molecule has 2 aromatic rings. The normalized spacial score (nSPS) is 11.7. The fraction of sp³-hybridized carbons (Fsp3) is 0.421. The molecule has 2 aromatic carbocycles. The van der Waals surface area contributed by atoms with E-state index in [0.717, 1.165) is 23.1 Å². The zero-order valence-corrected chi connectivity index (χ0v) is 14.5. The van der Waals surface area contributed by atoms with Crippen LogP contribution in [-0.4, -0.2) is 39.7 Å². The highest BCUT2D eigenvalue weighted by Crippen LogP contribution is 2.20. The second kappa shape index (κ2) is 7.47. The predicted octanol–water partition coefficient (Wildman–Crippen LogP) is 1.51. The molecule has 4 nitrogen and oxygen atoms in total. The van der Waals surface area contributed by atoms with Crippen molar-refractivity contribution in [3.8, 4) is 5.75 Å². The Morgan fingerprint density at radius 1 is 1.13 bits per heavy atom. The lowest BCUT2D eigenvalue weighted by atomic mass is 9.93. The van der Waals surface area contributed by atoms with Crippen LogP contribution in [0, 0.1) is 5.41 Å². The first kappa shape index (κ1) is 17.3. The minimum absolute atomic E-state index is 0.0449. The van der Waals surface area contributed by atoms with Crippen LogP contribution in [-0.2, 0) is 4.79 Å². The van der Waals surface area contributed by atoms with Crippen LogP contribution in [0.15, 0.2) is 42.5 Å². The molecule has 0 aliphatic rings. The van der Waals surface area contributed by atoms with Crippen LogP contribution in [0.25, 0.3) is 10.8 Å². The second-order valence-corrected chi connectivity index (χ2v) is 7.12. The first-order valence-electron chi connectivity index (χ1n) is 8.03. The Kier molecular flexibility index (Phi) is 5.61. The molecule has 2 N–H and O–H groups in total. The number of nitrogens with one attached hydrogen (secondary N) is 2. The van der Waals surface area contributed by atoms with Crippen molar-refractivity contribution in [1.29, 1.82) is 0 Å². The molecule has 0 aliphatic heterocycles. The number of carbonyl (C=O) groups is 1. The van der Waals surface area contributed by atoms with Gasteiger partial charge in [-0.25, -0.2) is 0 Å². The molecule has 0 saturated carbocycles.